The van der Waals surface area contributed by atoms with E-state index >= 15 is 0 Å². The Morgan fingerprint density at radius 3 is 2.55 bits per heavy atom. The molecule has 1 amide bonds. The minimum absolute atomic E-state index is 0.130. The van der Waals surface area contributed by atoms with E-state index in [9.17, 15) is 9.59 Å². The van der Waals surface area contributed by atoms with Gasteiger partial charge in [-0.25, -0.2) is 9.78 Å². The number of carbonyl (C=O) groups excluding carboxylic acids is 2. The number of rotatable bonds is 3. The number of fused-ring (bicyclic) bond motifs is 2. The van der Waals surface area contributed by atoms with Crippen LogP contribution in [0.25, 0.3) is 0 Å². The number of hydrogen-bond donors (Lipinski definition) is 0. The number of amides is 1. The van der Waals surface area contributed by atoms with Crippen molar-refractivity contribution in [1.82, 2.24) is 9.88 Å². The van der Waals surface area contributed by atoms with Gasteiger partial charge >= 0.3 is 5.97 Å². The van der Waals surface area contributed by atoms with Crippen LogP contribution in [0.5, 0.6) is 0 Å². The average molecular weight is 419 g/mol. The third-order valence-electron chi connectivity index (χ3n) is 7.24. The minimum Gasteiger partial charge on any atom is -0.449 e. The van der Waals surface area contributed by atoms with Crippen molar-refractivity contribution in [2.75, 3.05) is 44.3 Å². The number of hydrogen-bond acceptors (Lipinski definition) is 6. The van der Waals surface area contributed by atoms with E-state index in [1.807, 2.05) is 35.4 Å². The monoisotopic (exact) mass is 419 g/mol. The predicted molar refractivity (Wildman–Crippen MR) is 113 cm³/mol. The van der Waals surface area contributed by atoms with Crippen LogP contribution in [0, 0.1) is 0 Å². The van der Waals surface area contributed by atoms with Gasteiger partial charge in [-0.15, -0.1) is 0 Å². The fraction of sp³-hybridized carbons (Fsp3) is 0.458. The van der Waals surface area contributed by atoms with Crippen LogP contribution in [0.15, 0.2) is 42.6 Å². The maximum Gasteiger partial charge on any atom is 0.339 e. The first kappa shape index (κ1) is 18.8. The molecule has 4 aliphatic rings. The van der Waals surface area contributed by atoms with Gasteiger partial charge in [0.25, 0.3) is 0 Å². The average Bonchev–Trinajstić information content (AvgIpc) is 3.46. The van der Waals surface area contributed by atoms with Crippen LogP contribution in [0.4, 0.5) is 5.82 Å². The highest BCUT2D eigenvalue weighted by atomic mass is 16.6. The molecule has 2 aromatic rings. The van der Waals surface area contributed by atoms with Crippen molar-refractivity contribution < 1.29 is 19.1 Å². The van der Waals surface area contributed by atoms with E-state index in [4.69, 9.17) is 9.47 Å². The Hall–Kier alpha value is -2.93. The fourth-order valence-electron chi connectivity index (χ4n) is 5.31. The Morgan fingerprint density at radius 2 is 1.81 bits per heavy atom. The van der Waals surface area contributed by atoms with Crippen molar-refractivity contribution in [2.24, 2.45) is 0 Å². The van der Waals surface area contributed by atoms with Gasteiger partial charge in [0.1, 0.15) is 5.82 Å². The molecule has 0 N–H and O–H groups in total. The molecule has 3 fully saturated rings. The maximum absolute atomic E-state index is 13.6. The summed E-state index contributed by atoms with van der Waals surface area (Å²) in [5.41, 5.74) is 1.35. The highest BCUT2D eigenvalue weighted by Gasteiger charge is 2.57. The highest BCUT2D eigenvalue weighted by Crippen LogP contribution is 2.52. The number of pyridine rings is 1. The minimum atomic E-state index is -0.697. The van der Waals surface area contributed by atoms with E-state index in [0.29, 0.717) is 25.1 Å². The molecule has 1 saturated carbocycles. The third kappa shape index (κ3) is 2.86. The summed E-state index contributed by atoms with van der Waals surface area (Å²) in [4.78, 5) is 34.7. The van der Waals surface area contributed by atoms with E-state index in [1.54, 1.807) is 6.07 Å². The molecule has 6 rings (SSSR count). The third-order valence-corrected chi connectivity index (χ3v) is 7.24. The van der Waals surface area contributed by atoms with E-state index < -0.39 is 11.0 Å². The lowest BCUT2D eigenvalue weighted by atomic mass is 9.91. The van der Waals surface area contributed by atoms with Crippen molar-refractivity contribution in [3.8, 4) is 0 Å². The fourth-order valence-corrected chi connectivity index (χ4v) is 5.31. The van der Waals surface area contributed by atoms with Crippen molar-refractivity contribution >= 4 is 17.7 Å². The standard InChI is InChI=1S/C24H25N3O4/c28-21-18-3-1-2-4-19(18)24(31-21)9-10-27(16-24)22(29)23(7-8-23)17-5-6-20(25-15-17)26-11-13-30-14-12-26/h1-6,15H,7-14,16H2/t24-/m0/s1. The van der Waals surface area contributed by atoms with E-state index in [0.717, 1.165) is 56.1 Å². The topological polar surface area (TPSA) is 72.0 Å². The van der Waals surface area contributed by atoms with Crippen molar-refractivity contribution in [2.45, 2.75) is 30.3 Å². The highest BCUT2D eigenvalue weighted by molar-refractivity contribution is 5.96. The smallest absolute Gasteiger partial charge is 0.339 e. The number of benzene rings is 1. The van der Waals surface area contributed by atoms with Crippen LogP contribution in [0.1, 0.15) is 40.7 Å². The molecule has 1 aliphatic carbocycles. The van der Waals surface area contributed by atoms with Crippen molar-refractivity contribution in [1.29, 1.82) is 0 Å². The number of morpholine rings is 1. The Kier molecular flexibility index (Phi) is 4.12. The molecule has 1 aromatic heterocycles. The molecule has 4 heterocycles. The molecular formula is C24H25N3O4. The quantitative estimate of drug-likeness (QED) is 0.711. The lowest BCUT2D eigenvalue weighted by molar-refractivity contribution is -0.134. The molecule has 0 radical (unpaired) electrons. The zero-order valence-corrected chi connectivity index (χ0v) is 17.4. The van der Waals surface area contributed by atoms with Gasteiger partial charge in [-0.05, 0) is 30.5 Å². The Morgan fingerprint density at radius 1 is 1.00 bits per heavy atom. The molecular weight excluding hydrogens is 394 g/mol. The van der Waals surface area contributed by atoms with Crippen molar-refractivity contribution in [3.63, 3.8) is 0 Å². The van der Waals surface area contributed by atoms with Crippen LogP contribution < -0.4 is 4.90 Å². The first-order valence-electron chi connectivity index (χ1n) is 11.0. The number of anilines is 1. The summed E-state index contributed by atoms with van der Waals surface area (Å²) >= 11 is 0. The molecule has 7 nitrogen and oxygen atoms in total. The second-order valence-corrected chi connectivity index (χ2v) is 8.99. The number of likely N-dealkylation sites (tertiary alicyclic amines) is 1. The van der Waals surface area contributed by atoms with Gasteiger partial charge in [0.2, 0.25) is 5.91 Å². The first-order chi connectivity index (χ1) is 15.1. The zero-order valence-electron chi connectivity index (χ0n) is 17.4. The predicted octanol–water partition coefficient (Wildman–Crippen LogP) is 2.25. The molecule has 1 spiro atoms. The lowest BCUT2D eigenvalue weighted by Crippen LogP contribution is -2.40. The molecule has 7 heteroatoms. The second kappa shape index (κ2) is 6.79. The number of nitrogens with zero attached hydrogens (tertiary/aromatic N) is 3. The summed E-state index contributed by atoms with van der Waals surface area (Å²) in [5, 5.41) is 0. The second-order valence-electron chi connectivity index (χ2n) is 8.99. The Labute approximate surface area is 180 Å². The lowest BCUT2D eigenvalue weighted by Gasteiger charge is -2.29. The number of aromatic nitrogens is 1. The van der Waals surface area contributed by atoms with Gasteiger partial charge in [-0.2, -0.15) is 0 Å². The van der Waals surface area contributed by atoms with Crippen LogP contribution >= 0.6 is 0 Å². The summed E-state index contributed by atoms with van der Waals surface area (Å²) in [5.74, 6) is 0.782. The first-order valence-corrected chi connectivity index (χ1v) is 11.0. The number of carbonyl (C=O) groups is 2. The van der Waals surface area contributed by atoms with Gasteiger partial charge in [-0.3, -0.25) is 4.79 Å². The summed E-state index contributed by atoms with van der Waals surface area (Å²) < 4.78 is 11.2. The van der Waals surface area contributed by atoms with Crippen LogP contribution in [-0.4, -0.2) is 61.2 Å². The Bertz CT molecular complexity index is 1040. The largest absolute Gasteiger partial charge is 0.449 e. The van der Waals surface area contributed by atoms with E-state index in [1.165, 1.54) is 0 Å². The molecule has 0 unspecified atom stereocenters. The van der Waals surface area contributed by atoms with E-state index in [-0.39, 0.29) is 11.9 Å². The normalized spacial score (nSPS) is 26.1. The van der Waals surface area contributed by atoms with Gasteiger partial charge in [0.05, 0.1) is 30.7 Å². The van der Waals surface area contributed by atoms with Crippen LogP contribution in [0.3, 0.4) is 0 Å². The van der Waals surface area contributed by atoms with Crippen LogP contribution in [-0.2, 0) is 25.3 Å². The van der Waals surface area contributed by atoms with Gasteiger partial charge in [0, 0.05) is 37.8 Å². The molecule has 31 heavy (non-hydrogen) atoms. The SMILES string of the molecule is O=C1O[C@]2(CCN(C(=O)C3(c4ccc(N5CCOCC5)nc4)CC3)C2)c2ccccc21. The van der Waals surface area contributed by atoms with Crippen molar-refractivity contribution in [3.05, 3.63) is 59.3 Å². The van der Waals surface area contributed by atoms with Gasteiger partial charge in [0.15, 0.2) is 5.60 Å². The molecule has 1 aromatic carbocycles. The zero-order chi connectivity index (χ0) is 21.1. The number of ether oxygens (including phenoxy) is 2. The van der Waals surface area contributed by atoms with Crippen LogP contribution in [0.2, 0.25) is 0 Å². The summed E-state index contributed by atoms with van der Waals surface area (Å²) in [6, 6.07) is 11.6. The molecule has 3 aliphatic heterocycles. The summed E-state index contributed by atoms with van der Waals surface area (Å²) in [7, 11) is 0. The maximum atomic E-state index is 13.6. The summed E-state index contributed by atoms with van der Waals surface area (Å²) in [6.45, 7) is 4.14. The summed E-state index contributed by atoms with van der Waals surface area (Å²) in [6.07, 6.45) is 4.19. The van der Waals surface area contributed by atoms with Gasteiger partial charge in [-0.1, -0.05) is 24.3 Å². The molecule has 0 bridgehead atoms. The molecule has 160 valence electrons. The molecule has 1 atom stereocenters. The Balaban J connectivity index is 1.21. The van der Waals surface area contributed by atoms with Gasteiger partial charge < -0.3 is 19.3 Å². The van der Waals surface area contributed by atoms with E-state index in [2.05, 4.69) is 16.0 Å². The molecule has 2 saturated heterocycles. The number of esters is 1.